The Kier molecular flexibility index (Phi) is 4.43. The van der Waals surface area contributed by atoms with E-state index < -0.39 is 11.9 Å². The van der Waals surface area contributed by atoms with Crippen LogP contribution in [0.5, 0.6) is 5.19 Å². The van der Waals surface area contributed by atoms with Crippen molar-refractivity contribution in [1.29, 1.82) is 0 Å². The van der Waals surface area contributed by atoms with E-state index in [4.69, 9.17) is 5.73 Å². The maximum Gasteiger partial charge on any atom is 0.403 e. The van der Waals surface area contributed by atoms with Crippen LogP contribution < -0.4 is 10.5 Å². The number of hydrogen-bond acceptors (Lipinski definition) is 5. The molecule has 1 heterocycles. The first-order chi connectivity index (χ1) is 7.16. The number of benzene rings is 1. The summed E-state index contributed by atoms with van der Waals surface area (Å²) in [7, 11) is 0. The Bertz CT molecular complexity index is 507. The minimum Gasteiger partial charge on any atom is -0.391 e. The average molecular weight is 245 g/mol. The molecular weight excluding hydrogens is 239 g/mol. The molecular formula is C9H6N2NaO3S. The van der Waals surface area contributed by atoms with Gasteiger partial charge in [0.15, 0.2) is 0 Å². The Morgan fingerprint density at radius 1 is 1.31 bits per heavy atom. The van der Waals surface area contributed by atoms with Gasteiger partial charge in [-0.2, -0.15) is 0 Å². The maximum absolute atomic E-state index is 10.9. The molecule has 0 aliphatic carbocycles. The number of aromatic nitrogens is 1. The van der Waals surface area contributed by atoms with Gasteiger partial charge >= 0.3 is 11.9 Å². The fourth-order valence-corrected chi connectivity index (χ4v) is 1.84. The van der Waals surface area contributed by atoms with Crippen LogP contribution in [0.2, 0.25) is 0 Å². The summed E-state index contributed by atoms with van der Waals surface area (Å²) in [5.41, 5.74) is 5.46. The molecule has 0 aliphatic heterocycles. The van der Waals surface area contributed by atoms with Crippen molar-refractivity contribution in [2.24, 2.45) is 5.73 Å². The second-order valence-corrected chi connectivity index (χ2v) is 3.69. The fourth-order valence-electron chi connectivity index (χ4n) is 1.02. The van der Waals surface area contributed by atoms with E-state index in [-0.39, 0.29) is 34.8 Å². The van der Waals surface area contributed by atoms with Crippen molar-refractivity contribution in [3.63, 3.8) is 0 Å². The summed E-state index contributed by atoms with van der Waals surface area (Å²) in [5, 5.41) is 0.125. The van der Waals surface area contributed by atoms with Gasteiger partial charge in [0, 0.05) is 29.6 Å². The molecule has 1 radical (unpaired) electrons. The summed E-state index contributed by atoms with van der Waals surface area (Å²) in [5.74, 6) is -2.23. The van der Waals surface area contributed by atoms with E-state index in [1.165, 1.54) is 11.3 Å². The van der Waals surface area contributed by atoms with Gasteiger partial charge in [-0.05, 0) is 12.1 Å². The number of carbonyl (C=O) groups excluding carboxylic acids is 2. The van der Waals surface area contributed by atoms with Gasteiger partial charge in [0.05, 0.1) is 10.2 Å². The molecule has 0 fully saturated rings. The molecule has 1 aromatic carbocycles. The van der Waals surface area contributed by atoms with Gasteiger partial charge in [-0.1, -0.05) is 23.5 Å². The van der Waals surface area contributed by atoms with Crippen LogP contribution in [-0.4, -0.2) is 46.4 Å². The number of nitrogens with two attached hydrogens (primary N) is 1. The molecule has 5 nitrogen and oxygen atoms in total. The Hall–Kier alpha value is -0.950. The van der Waals surface area contributed by atoms with Gasteiger partial charge in [-0.3, -0.25) is 4.79 Å². The van der Waals surface area contributed by atoms with E-state index in [9.17, 15) is 9.59 Å². The topological polar surface area (TPSA) is 82.3 Å². The third-order valence-corrected chi connectivity index (χ3v) is 2.57. The van der Waals surface area contributed by atoms with Crippen LogP contribution in [0.4, 0.5) is 0 Å². The Morgan fingerprint density at radius 2 is 2.00 bits per heavy atom. The molecule has 0 bridgehead atoms. The van der Waals surface area contributed by atoms with Crippen molar-refractivity contribution < 1.29 is 14.3 Å². The summed E-state index contributed by atoms with van der Waals surface area (Å²) in [6.45, 7) is 0. The van der Waals surface area contributed by atoms with Crippen LogP contribution in [0, 0.1) is 0 Å². The number of hydrogen-bond donors (Lipinski definition) is 1. The number of primary amides is 1. The predicted molar refractivity (Wildman–Crippen MR) is 60.2 cm³/mol. The summed E-state index contributed by atoms with van der Waals surface area (Å²) in [4.78, 5) is 25.3. The Morgan fingerprint density at radius 3 is 2.62 bits per heavy atom. The number of carbonyl (C=O) groups is 2. The van der Waals surface area contributed by atoms with Gasteiger partial charge in [0.1, 0.15) is 0 Å². The first-order valence-electron chi connectivity index (χ1n) is 4.04. The predicted octanol–water partition coefficient (Wildman–Crippen LogP) is 0.306. The van der Waals surface area contributed by atoms with Crippen LogP contribution in [0.15, 0.2) is 24.3 Å². The molecule has 77 valence electrons. The molecule has 0 unspecified atom stereocenters. The van der Waals surface area contributed by atoms with Gasteiger partial charge in [0.25, 0.3) is 5.19 Å². The quantitative estimate of drug-likeness (QED) is 0.445. The van der Waals surface area contributed by atoms with E-state index >= 15 is 0 Å². The van der Waals surface area contributed by atoms with Gasteiger partial charge in [0.2, 0.25) is 0 Å². The van der Waals surface area contributed by atoms with Crippen LogP contribution in [-0.2, 0) is 9.59 Å². The normalized spacial score (nSPS) is 9.50. The number of amides is 1. The molecule has 2 rings (SSSR count). The number of ether oxygens (including phenoxy) is 1. The van der Waals surface area contributed by atoms with E-state index in [1.807, 2.05) is 18.2 Å². The minimum atomic E-state index is -1.13. The molecule has 2 N–H and O–H groups in total. The molecule has 0 spiro atoms. The first-order valence-corrected chi connectivity index (χ1v) is 4.85. The van der Waals surface area contributed by atoms with Crippen LogP contribution in [0.1, 0.15) is 0 Å². The molecule has 2 aromatic rings. The second kappa shape index (κ2) is 5.40. The molecule has 0 aliphatic rings. The number of fused-ring (bicyclic) bond motifs is 1. The molecule has 1 aromatic heterocycles. The number of thiazole rings is 1. The number of para-hydroxylation sites is 1. The maximum atomic E-state index is 10.9. The average Bonchev–Trinajstić information content (AvgIpc) is 2.59. The van der Waals surface area contributed by atoms with E-state index in [0.717, 1.165) is 10.2 Å². The zero-order valence-corrected chi connectivity index (χ0v) is 11.3. The summed E-state index contributed by atoms with van der Waals surface area (Å²) in [6, 6.07) is 7.30. The van der Waals surface area contributed by atoms with E-state index in [1.54, 1.807) is 6.07 Å². The van der Waals surface area contributed by atoms with E-state index in [0.29, 0.717) is 0 Å². The Labute approximate surface area is 117 Å². The third kappa shape index (κ3) is 2.79. The standard InChI is InChI=1S/C9H6N2O3S.Na/c10-7(12)8(13)14-9-11-5-3-1-2-4-6(5)15-9;/h1-4H,(H2,10,12);. The fraction of sp³-hybridized carbons (Fsp3) is 0. The SMILES string of the molecule is NC(=O)C(=O)Oc1nc2ccccc2s1.[Na]. The van der Waals surface area contributed by atoms with Gasteiger partial charge in [-0.15, -0.1) is 0 Å². The summed E-state index contributed by atoms with van der Waals surface area (Å²) >= 11 is 1.18. The van der Waals surface area contributed by atoms with Crippen molar-refractivity contribution in [3.05, 3.63) is 24.3 Å². The van der Waals surface area contributed by atoms with Crippen LogP contribution in [0.25, 0.3) is 10.2 Å². The van der Waals surface area contributed by atoms with Crippen molar-refractivity contribution >= 4 is 63.0 Å². The molecule has 16 heavy (non-hydrogen) atoms. The zero-order chi connectivity index (χ0) is 10.8. The molecule has 0 atom stereocenters. The van der Waals surface area contributed by atoms with Gasteiger partial charge in [-0.25, -0.2) is 9.78 Å². The zero-order valence-electron chi connectivity index (χ0n) is 8.47. The molecule has 0 saturated heterocycles. The molecule has 0 saturated carbocycles. The number of rotatable bonds is 1. The monoisotopic (exact) mass is 245 g/mol. The summed E-state index contributed by atoms with van der Waals surface area (Å²) in [6.07, 6.45) is 0. The van der Waals surface area contributed by atoms with Crippen molar-refractivity contribution in [2.75, 3.05) is 0 Å². The third-order valence-electron chi connectivity index (χ3n) is 1.66. The van der Waals surface area contributed by atoms with Crippen molar-refractivity contribution in [3.8, 4) is 5.19 Å². The van der Waals surface area contributed by atoms with Crippen molar-refractivity contribution in [1.82, 2.24) is 4.98 Å². The number of esters is 1. The molecule has 7 heteroatoms. The Balaban J connectivity index is 0.00000128. The van der Waals surface area contributed by atoms with Crippen LogP contribution >= 0.6 is 11.3 Å². The largest absolute Gasteiger partial charge is 0.403 e. The van der Waals surface area contributed by atoms with E-state index in [2.05, 4.69) is 9.72 Å². The van der Waals surface area contributed by atoms with Crippen LogP contribution in [0.3, 0.4) is 0 Å². The van der Waals surface area contributed by atoms with Gasteiger partial charge < -0.3 is 10.5 Å². The minimum absolute atomic E-state index is 0. The second-order valence-electron chi connectivity index (χ2n) is 2.70. The smallest absolute Gasteiger partial charge is 0.391 e. The summed E-state index contributed by atoms with van der Waals surface area (Å²) < 4.78 is 5.53. The van der Waals surface area contributed by atoms with Crippen molar-refractivity contribution in [2.45, 2.75) is 0 Å². The number of nitrogens with zero attached hydrogens (tertiary/aromatic N) is 1. The first kappa shape index (κ1) is 13.1. The molecule has 1 amide bonds.